The van der Waals surface area contributed by atoms with E-state index < -0.39 is 11.7 Å². The Morgan fingerprint density at radius 2 is 1.89 bits per heavy atom. The van der Waals surface area contributed by atoms with E-state index in [9.17, 15) is 13.2 Å². The average molecular weight is 268 g/mol. The first-order valence-corrected chi connectivity index (χ1v) is 6.60. The summed E-state index contributed by atoms with van der Waals surface area (Å²) in [6.45, 7) is 0. The molecule has 102 valence electrons. The summed E-state index contributed by atoms with van der Waals surface area (Å²) in [5, 5.41) is 0.627. The van der Waals surface area contributed by atoms with Crippen LogP contribution >= 0.6 is 0 Å². The van der Waals surface area contributed by atoms with E-state index in [0.717, 1.165) is 38.3 Å². The van der Waals surface area contributed by atoms with E-state index in [2.05, 4.69) is 9.97 Å². The van der Waals surface area contributed by atoms with Gasteiger partial charge in [-0.25, -0.2) is 4.98 Å². The first-order valence-electron chi connectivity index (χ1n) is 6.60. The van der Waals surface area contributed by atoms with Crippen molar-refractivity contribution in [3.05, 3.63) is 29.6 Å². The molecule has 2 aromatic rings. The minimum atomic E-state index is -4.33. The molecule has 0 bridgehead atoms. The van der Waals surface area contributed by atoms with Gasteiger partial charge in [-0.15, -0.1) is 0 Å². The van der Waals surface area contributed by atoms with Crippen molar-refractivity contribution in [1.29, 1.82) is 0 Å². The smallest absolute Gasteiger partial charge is 0.346 e. The van der Waals surface area contributed by atoms with Crippen LogP contribution in [0.15, 0.2) is 18.5 Å². The van der Waals surface area contributed by atoms with Gasteiger partial charge < -0.3 is 4.98 Å². The molecule has 0 saturated heterocycles. The highest BCUT2D eigenvalue weighted by molar-refractivity contribution is 5.81. The van der Waals surface area contributed by atoms with Crippen LogP contribution in [0.25, 0.3) is 11.0 Å². The largest absolute Gasteiger partial charge is 0.418 e. The van der Waals surface area contributed by atoms with Gasteiger partial charge >= 0.3 is 6.18 Å². The summed E-state index contributed by atoms with van der Waals surface area (Å²) in [6, 6.07) is 1.71. The molecule has 1 aliphatic rings. The summed E-state index contributed by atoms with van der Waals surface area (Å²) < 4.78 is 39.6. The molecule has 0 atom stereocenters. The van der Waals surface area contributed by atoms with Gasteiger partial charge in [-0.2, -0.15) is 13.2 Å². The van der Waals surface area contributed by atoms with Gasteiger partial charge in [0.25, 0.3) is 0 Å². The maximum absolute atomic E-state index is 13.2. The Balaban J connectivity index is 2.19. The van der Waals surface area contributed by atoms with Gasteiger partial charge in [-0.05, 0) is 30.4 Å². The van der Waals surface area contributed by atoms with Crippen LogP contribution in [-0.4, -0.2) is 9.97 Å². The summed E-state index contributed by atoms with van der Waals surface area (Å²) in [5.74, 6) is 0.00618. The van der Waals surface area contributed by atoms with Crippen LogP contribution in [0, 0.1) is 0 Å². The van der Waals surface area contributed by atoms with Crippen LogP contribution in [-0.2, 0) is 6.18 Å². The summed E-state index contributed by atoms with van der Waals surface area (Å²) in [6.07, 6.45) is 3.13. The molecule has 2 aromatic heterocycles. The van der Waals surface area contributed by atoms with Gasteiger partial charge in [0, 0.05) is 17.8 Å². The van der Waals surface area contributed by atoms with Crippen molar-refractivity contribution in [3.8, 4) is 0 Å². The third-order valence-corrected chi connectivity index (χ3v) is 3.95. The predicted octanol–water partition coefficient (Wildman–Crippen LogP) is 4.63. The van der Waals surface area contributed by atoms with Gasteiger partial charge in [0.05, 0.1) is 5.56 Å². The van der Waals surface area contributed by atoms with Gasteiger partial charge in [-0.1, -0.05) is 19.3 Å². The number of pyridine rings is 1. The molecule has 0 unspecified atom stereocenters. The van der Waals surface area contributed by atoms with E-state index >= 15 is 0 Å². The molecule has 5 heteroatoms. The second-order valence-corrected chi connectivity index (χ2v) is 5.16. The van der Waals surface area contributed by atoms with E-state index in [4.69, 9.17) is 0 Å². The standard InChI is InChI=1S/C14H15F3N2/c15-14(16,17)11-8-19-13-10(6-7-18-13)12(11)9-4-2-1-3-5-9/h6-9H,1-5H2,(H,18,19). The Morgan fingerprint density at radius 1 is 1.16 bits per heavy atom. The normalized spacial score (nSPS) is 18.1. The van der Waals surface area contributed by atoms with Crippen molar-refractivity contribution in [3.63, 3.8) is 0 Å². The van der Waals surface area contributed by atoms with Crippen molar-refractivity contribution in [2.24, 2.45) is 0 Å². The molecular formula is C14H15F3N2. The molecule has 2 heterocycles. The van der Waals surface area contributed by atoms with E-state index in [-0.39, 0.29) is 5.92 Å². The molecule has 2 nitrogen and oxygen atoms in total. The van der Waals surface area contributed by atoms with Gasteiger partial charge in [0.1, 0.15) is 5.65 Å². The van der Waals surface area contributed by atoms with Crippen LogP contribution in [0.4, 0.5) is 13.2 Å². The molecule has 1 aliphatic carbocycles. The number of alkyl halides is 3. The highest BCUT2D eigenvalue weighted by Crippen LogP contribution is 2.43. The highest BCUT2D eigenvalue weighted by Gasteiger charge is 2.37. The van der Waals surface area contributed by atoms with Crippen molar-refractivity contribution < 1.29 is 13.2 Å². The number of rotatable bonds is 1. The number of aromatic nitrogens is 2. The van der Waals surface area contributed by atoms with Gasteiger partial charge in [0.15, 0.2) is 0 Å². The van der Waals surface area contributed by atoms with Crippen LogP contribution < -0.4 is 0 Å². The maximum atomic E-state index is 13.2. The number of H-pyrrole nitrogens is 1. The molecule has 3 rings (SSSR count). The summed E-state index contributed by atoms with van der Waals surface area (Å²) in [5.41, 5.74) is 0.429. The molecule has 0 radical (unpaired) electrons. The SMILES string of the molecule is FC(F)(F)c1cnc2[nH]ccc2c1C1CCCCC1. The van der Waals surface area contributed by atoms with E-state index in [1.165, 1.54) is 0 Å². The Morgan fingerprint density at radius 3 is 2.58 bits per heavy atom. The molecule has 1 N–H and O–H groups in total. The zero-order valence-corrected chi connectivity index (χ0v) is 10.4. The van der Waals surface area contributed by atoms with Gasteiger partial charge in [-0.3, -0.25) is 0 Å². The molecule has 0 aromatic carbocycles. The van der Waals surface area contributed by atoms with Crippen LogP contribution in [0.2, 0.25) is 0 Å². The van der Waals surface area contributed by atoms with Crippen LogP contribution in [0.1, 0.15) is 49.1 Å². The first-order chi connectivity index (χ1) is 9.07. The number of fused-ring (bicyclic) bond motifs is 1. The number of nitrogens with one attached hydrogen (secondary N) is 1. The minimum Gasteiger partial charge on any atom is -0.346 e. The quantitative estimate of drug-likeness (QED) is 0.802. The van der Waals surface area contributed by atoms with Crippen LogP contribution in [0.3, 0.4) is 0 Å². The second kappa shape index (κ2) is 4.54. The van der Waals surface area contributed by atoms with Crippen molar-refractivity contribution >= 4 is 11.0 Å². The Bertz CT molecular complexity index is 580. The lowest BCUT2D eigenvalue weighted by Crippen LogP contribution is -2.15. The molecule has 1 fully saturated rings. The number of nitrogens with zero attached hydrogens (tertiary/aromatic N) is 1. The maximum Gasteiger partial charge on any atom is 0.418 e. The van der Waals surface area contributed by atoms with E-state index in [0.29, 0.717) is 16.6 Å². The molecule has 19 heavy (non-hydrogen) atoms. The Hall–Kier alpha value is -1.52. The van der Waals surface area contributed by atoms with Crippen LogP contribution in [0.5, 0.6) is 0 Å². The topological polar surface area (TPSA) is 28.7 Å². The average Bonchev–Trinajstić information content (AvgIpc) is 2.85. The molecular weight excluding hydrogens is 253 g/mol. The number of hydrogen-bond acceptors (Lipinski definition) is 1. The lowest BCUT2D eigenvalue weighted by Gasteiger charge is -2.25. The summed E-state index contributed by atoms with van der Waals surface area (Å²) in [4.78, 5) is 6.79. The fourth-order valence-electron chi connectivity index (χ4n) is 3.09. The molecule has 0 aliphatic heterocycles. The number of hydrogen-bond donors (Lipinski definition) is 1. The third-order valence-electron chi connectivity index (χ3n) is 3.95. The monoisotopic (exact) mass is 268 g/mol. The fourth-order valence-corrected chi connectivity index (χ4v) is 3.09. The fraction of sp³-hybridized carbons (Fsp3) is 0.500. The molecule has 0 amide bonds. The first kappa shape index (κ1) is 12.5. The Kier molecular flexibility index (Phi) is 2.99. The van der Waals surface area contributed by atoms with E-state index in [1.807, 2.05) is 0 Å². The van der Waals surface area contributed by atoms with E-state index in [1.54, 1.807) is 12.3 Å². The van der Waals surface area contributed by atoms with Crippen molar-refractivity contribution in [2.45, 2.75) is 44.2 Å². The van der Waals surface area contributed by atoms with Crippen molar-refractivity contribution in [2.75, 3.05) is 0 Å². The third kappa shape index (κ3) is 2.22. The zero-order valence-electron chi connectivity index (χ0n) is 10.4. The second-order valence-electron chi connectivity index (χ2n) is 5.16. The lowest BCUT2D eigenvalue weighted by molar-refractivity contribution is -0.138. The lowest BCUT2D eigenvalue weighted by atomic mass is 9.81. The Labute approximate surface area is 109 Å². The zero-order chi connectivity index (χ0) is 13.5. The number of aromatic amines is 1. The highest BCUT2D eigenvalue weighted by atomic mass is 19.4. The van der Waals surface area contributed by atoms with Gasteiger partial charge in [0.2, 0.25) is 0 Å². The van der Waals surface area contributed by atoms with Crippen molar-refractivity contribution in [1.82, 2.24) is 9.97 Å². The molecule has 1 saturated carbocycles. The molecule has 0 spiro atoms. The number of halogens is 3. The predicted molar refractivity (Wildman–Crippen MR) is 66.9 cm³/mol. The minimum absolute atomic E-state index is 0.00618. The summed E-state index contributed by atoms with van der Waals surface area (Å²) in [7, 11) is 0. The summed E-state index contributed by atoms with van der Waals surface area (Å²) >= 11 is 0.